The summed E-state index contributed by atoms with van der Waals surface area (Å²) in [5.41, 5.74) is 8.71. The number of nitrogens with zero attached hydrogens (tertiary/aromatic N) is 1. The molecule has 45 heavy (non-hydrogen) atoms. The highest BCUT2D eigenvalue weighted by atomic mass is 19.4. The summed E-state index contributed by atoms with van der Waals surface area (Å²) in [6.07, 6.45) is -5.09. The number of carbonyl (C=O) groups excluding carboxylic acids is 3. The fraction of sp³-hybridized carbons (Fsp3) is 0.367. The summed E-state index contributed by atoms with van der Waals surface area (Å²) >= 11 is 0. The van der Waals surface area contributed by atoms with Crippen molar-refractivity contribution in [2.75, 3.05) is 11.9 Å². The van der Waals surface area contributed by atoms with E-state index < -0.39 is 52.9 Å². The molecule has 0 spiro atoms. The van der Waals surface area contributed by atoms with Gasteiger partial charge in [-0.25, -0.2) is 9.59 Å². The Balaban J connectivity index is 1.78. The van der Waals surface area contributed by atoms with Crippen LogP contribution in [0.15, 0.2) is 68.8 Å². The van der Waals surface area contributed by atoms with E-state index in [4.69, 9.17) is 20.6 Å². The maximum atomic E-state index is 13.4. The number of carbonyl (C=O) groups is 3. The van der Waals surface area contributed by atoms with E-state index in [1.54, 1.807) is 24.3 Å². The van der Waals surface area contributed by atoms with Crippen LogP contribution in [0.4, 0.5) is 23.7 Å². The molecule has 0 saturated heterocycles. The van der Waals surface area contributed by atoms with Gasteiger partial charge in [0.05, 0.1) is 5.56 Å². The fourth-order valence-corrected chi connectivity index (χ4v) is 4.36. The third kappa shape index (κ3) is 10.9. The van der Waals surface area contributed by atoms with Crippen molar-refractivity contribution < 1.29 is 36.7 Å². The summed E-state index contributed by atoms with van der Waals surface area (Å²) in [5.74, 6) is -1.58. The number of rotatable bonds is 13. The summed E-state index contributed by atoms with van der Waals surface area (Å²) in [7, 11) is 0. The SMILES string of the molecule is CC(C)C[C@H](NC(=O)OCc1ccccc1)C(=O)N[C@@H](CCCN=C(N)N)C(=O)Nc1ccc2c(C(F)(F)F)cc(=O)oc2c1. The number of alkyl halides is 3. The summed E-state index contributed by atoms with van der Waals surface area (Å²) in [5, 5.41) is 7.33. The van der Waals surface area contributed by atoms with Crippen LogP contribution in [0.5, 0.6) is 0 Å². The molecule has 3 aromatic rings. The lowest BCUT2D eigenvalue weighted by atomic mass is 10.0. The molecule has 2 aromatic carbocycles. The molecule has 0 aliphatic heterocycles. The smallest absolute Gasteiger partial charge is 0.417 e. The zero-order valence-electron chi connectivity index (χ0n) is 24.6. The summed E-state index contributed by atoms with van der Waals surface area (Å²) in [6, 6.07) is 10.4. The van der Waals surface area contributed by atoms with Crippen molar-refractivity contribution in [3.05, 3.63) is 76.1 Å². The number of guanidine groups is 1. The van der Waals surface area contributed by atoms with Crippen LogP contribution in [0.25, 0.3) is 11.0 Å². The van der Waals surface area contributed by atoms with Crippen molar-refractivity contribution in [1.82, 2.24) is 10.6 Å². The topological polar surface area (TPSA) is 191 Å². The van der Waals surface area contributed by atoms with E-state index in [9.17, 15) is 32.3 Å². The first-order valence-corrected chi connectivity index (χ1v) is 14.0. The molecule has 0 unspecified atom stereocenters. The van der Waals surface area contributed by atoms with Gasteiger partial charge in [0, 0.05) is 29.8 Å². The van der Waals surface area contributed by atoms with Gasteiger partial charge in [-0.05, 0) is 42.9 Å². The van der Waals surface area contributed by atoms with Crippen LogP contribution in [-0.4, -0.2) is 42.5 Å². The number of nitrogens with one attached hydrogen (secondary N) is 3. The second-order valence-electron chi connectivity index (χ2n) is 10.6. The van der Waals surface area contributed by atoms with Crippen LogP contribution in [0.1, 0.15) is 44.2 Å². The molecule has 7 N–H and O–H groups in total. The number of amides is 3. The quantitative estimate of drug-likeness (QED) is 0.0816. The summed E-state index contributed by atoms with van der Waals surface area (Å²) in [4.78, 5) is 54.9. The molecular weight excluding hydrogens is 597 g/mol. The Bertz CT molecular complexity index is 1570. The second kappa shape index (κ2) is 15.6. The number of anilines is 1. The largest absolute Gasteiger partial charge is 0.445 e. The van der Waals surface area contributed by atoms with E-state index in [0.29, 0.717) is 6.07 Å². The Labute approximate surface area is 256 Å². The zero-order valence-corrected chi connectivity index (χ0v) is 24.6. The van der Waals surface area contributed by atoms with Crippen LogP contribution < -0.4 is 33.0 Å². The van der Waals surface area contributed by atoms with Crippen molar-refractivity contribution in [1.29, 1.82) is 0 Å². The van der Waals surface area contributed by atoms with Gasteiger partial charge < -0.3 is 36.6 Å². The van der Waals surface area contributed by atoms with Gasteiger partial charge in [0.15, 0.2) is 5.96 Å². The Morgan fingerprint density at radius 3 is 2.33 bits per heavy atom. The number of alkyl carbamates (subject to hydrolysis) is 1. The Kier molecular flexibility index (Phi) is 11.9. The number of hydrogen-bond acceptors (Lipinski definition) is 7. The van der Waals surface area contributed by atoms with E-state index in [1.807, 2.05) is 19.9 Å². The Morgan fingerprint density at radius 2 is 1.69 bits per heavy atom. The number of aliphatic imine (C=N–C) groups is 1. The lowest BCUT2D eigenvalue weighted by molar-refractivity contribution is -0.136. The lowest BCUT2D eigenvalue weighted by Crippen LogP contribution is -2.53. The molecule has 3 amide bonds. The minimum absolute atomic E-state index is 0.0137. The van der Waals surface area contributed by atoms with E-state index in [0.717, 1.165) is 17.7 Å². The number of benzene rings is 2. The standard InChI is InChI=1S/C30H35F3N6O6/c1-17(2)13-23(39-29(43)44-16-18-7-4-3-5-8-18)27(42)38-22(9-6-12-36-28(34)35)26(41)37-19-10-11-20-21(30(31,32)33)15-25(40)45-24(20)14-19/h3-5,7-8,10-11,14-15,17,22-23H,6,9,12-13,16H2,1-2H3,(H,37,41)(H,38,42)(H,39,43)(H4,34,35,36)/t22-,23-/m0/s1. The average Bonchev–Trinajstić information content (AvgIpc) is 2.96. The van der Waals surface area contributed by atoms with Crippen LogP contribution >= 0.6 is 0 Å². The van der Waals surface area contributed by atoms with Gasteiger partial charge in [-0.3, -0.25) is 14.6 Å². The molecule has 0 saturated carbocycles. The number of ether oxygens (including phenoxy) is 1. The van der Waals surface area contributed by atoms with Gasteiger partial charge >= 0.3 is 17.9 Å². The summed E-state index contributed by atoms with van der Waals surface area (Å²) < 4.78 is 50.5. The maximum Gasteiger partial charge on any atom is 0.417 e. The molecule has 242 valence electrons. The van der Waals surface area contributed by atoms with Gasteiger partial charge in [0.2, 0.25) is 11.8 Å². The Morgan fingerprint density at radius 1 is 0.978 bits per heavy atom. The van der Waals surface area contributed by atoms with Crippen molar-refractivity contribution in [2.45, 2.75) is 58.0 Å². The van der Waals surface area contributed by atoms with E-state index >= 15 is 0 Å². The van der Waals surface area contributed by atoms with Crippen molar-refractivity contribution in [3.63, 3.8) is 0 Å². The van der Waals surface area contributed by atoms with Crippen molar-refractivity contribution in [2.24, 2.45) is 22.4 Å². The summed E-state index contributed by atoms with van der Waals surface area (Å²) in [6.45, 7) is 3.82. The zero-order chi connectivity index (χ0) is 33.1. The number of fused-ring (bicyclic) bond motifs is 1. The van der Waals surface area contributed by atoms with Gasteiger partial charge in [-0.15, -0.1) is 0 Å². The molecule has 3 rings (SSSR count). The van der Waals surface area contributed by atoms with E-state index in [1.165, 1.54) is 6.07 Å². The number of hydrogen-bond donors (Lipinski definition) is 5. The highest BCUT2D eigenvalue weighted by Gasteiger charge is 2.34. The molecule has 0 radical (unpaired) electrons. The predicted octanol–water partition coefficient (Wildman–Crippen LogP) is 3.63. The van der Waals surface area contributed by atoms with E-state index in [2.05, 4.69) is 20.9 Å². The molecule has 1 aromatic heterocycles. The normalized spacial score (nSPS) is 12.7. The molecule has 12 nitrogen and oxygen atoms in total. The van der Waals surface area contributed by atoms with Crippen LogP contribution in [0, 0.1) is 5.92 Å². The van der Waals surface area contributed by atoms with Gasteiger partial charge in [-0.2, -0.15) is 13.2 Å². The highest BCUT2D eigenvalue weighted by Crippen LogP contribution is 2.34. The molecule has 15 heteroatoms. The average molecular weight is 633 g/mol. The van der Waals surface area contributed by atoms with Gasteiger partial charge in [0.1, 0.15) is 24.3 Å². The first-order chi connectivity index (χ1) is 21.2. The monoisotopic (exact) mass is 632 g/mol. The van der Waals surface area contributed by atoms with Crippen LogP contribution in [-0.2, 0) is 27.1 Å². The first kappa shape index (κ1) is 34.4. The van der Waals surface area contributed by atoms with Gasteiger partial charge in [0.25, 0.3) is 0 Å². The minimum atomic E-state index is -4.81. The maximum absolute atomic E-state index is 13.4. The molecule has 0 aliphatic carbocycles. The van der Waals surface area contributed by atoms with Crippen molar-refractivity contribution >= 4 is 40.5 Å². The lowest BCUT2D eigenvalue weighted by Gasteiger charge is -2.24. The van der Waals surface area contributed by atoms with Crippen molar-refractivity contribution in [3.8, 4) is 0 Å². The fourth-order valence-electron chi connectivity index (χ4n) is 4.36. The first-order valence-electron chi connectivity index (χ1n) is 14.0. The molecule has 0 fully saturated rings. The molecule has 2 atom stereocenters. The van der Waals surface area contributed by atoms with Crippen LogP contribution in [0.3, 0.4) is 0 Å². The molecule has 0 bridgehead atoms. The van der Waals surface area contributed by atoms with Crippen LogP contribution in [0.2, 0.25) is 0 Å². The molecular formula is C30H35F3N6O6. The van der Waals surface area contributed by atoms with E-state index in [-0.39, 0.29) is 55.4 Å². The minimum Gasteiger partial charge on any atom is -0.445 e. The molecule has 0 aliphatic rings. The number of nitrogens with two attached hydrogens (primary N) is 2. The third-order valence-electron chi connectivity index (χ3n) is 6.42. The third-order valence-corrected chi connectivity index (χ3v) is 6.42. The second-order valence-corrected chi connectivity index (χ2v) is 10.6. The highest BCUT2D eigenvalue weighted by molar-refractivity contribution is 5.99. The predicted molar refractivity (Wildman–Crippen MR) is 161 cm³/mol. The van der Waals surface area contributed by atoms with Gasteiger partial charge in [-0.1, -0.05) is 44.2 Å². The molecule has 1 heterocycles. The number of halogens is 3. The Hall–Kier alpha value is -5.08.